The molecule has 0 aromatic carbocycles. The molecule has 1 N–H and O–H groups in total. The molecule has 0 spiro atoms. The number of hydrogen-bond donors (Lipinski definition) is 1. The minimum Gasteiger partial charge on any atom is -0.495 e. The van der Waals surface area contributed by atoms with Gasteiger partial charge in [0.2, 0.25) is 0 Å². The predicted octanol–water partition coefficient (Wildman–Crippen LogP) is 2.12. The van der Waals surface area contributed by atoms with Crippen LogP contribution in [0.3, 0.4) is 0 Å². The van der Waals surface area contributed by atoms with E-state index in [1.54, 1.807) is 7.11 Å². The summed E-state index contributed by atoms with van der Waals surface area (Å²) in [6, 6.07) is 4.54. The first-order chi connectivity index (χ1) is 7.69. The number of nitrogens with one attached hydrogen (secondary N) is 1. The fraction of sp³-hybridized carbons (Fsp3) is 0.615. The number of aromatic nitrogens is 1. The number of pyridine rings is 1. The maximum Gasteiger partial charge on any atom is 0.140 e. The summed E-state index contributed by atoms with van der Waals surface area (Å²) < 4.78 is 5.41. The lowest BCUT2D eigenvalue weighted by Gasteiger charge is -2.25. The Bertz CT molecular complexity index is 367. The molecule has 2 atom stereocenters. The highest BCUT2D eigenvalue weighted by atomic mass is 16.5. The normalized spacial score (nSPS) is 29.3. The minimum absolute atomic E-state index is 0.153. The van der Waals surface area contributed by atoms with Crippen molar-refractivity contribution in [1.29, 1.82) is 0 Å². The summed E-state index contributed by atoms with van der Waals surface area (Å²) in [6.45, 7) is 2.29. The summed E-state index contributed by atoms with van der Waals surface area (Å²) in [5.74, 6) is 0.918. The fourth-order valence-corrected chi connectivity index (χ4v) is 2.71. The molecule has 0 radical (unpaired) electrons. The SMILES string of the molecule is CNC1CCC(C)(c2ncccc2OC)C1. The van der Waals surface area contributed by atoms with Gasteiger partial charge in [-0.1, -0.05) is 6.92 Å². The number of methoxy groups -OCH3 is 1. The molecule has 3 nitrogen and oxygen atoms in total. The number of ether oxygens (including phenoxy) is 1. The largest absolute Gasteiger partial charge is 0.495 e. The molecule has 1 aliphatic carbocycles. The monoisotopic (exact) mass is 220 g/mol. The van der Waals surface area contributed by atoms with E-state index in [0.717, 1.165) is 17.9 Å². The first kappa shape index (κ1) is 11.4. The molecule has 1 saturated carbocycles. The van der Waals surface area contributed by atoms with Crippen molar-refractivity contribution in [3.8, 4) is 5.75 Å². The topological polar surface area (TPSA) is 34.2 Å². The van der Waals surface area contributed by atoms with Gasteiger partial charge in [0.05, 0.1) is 12.8 Å². The van der Waals surface area contributed by atoms with Crippen molar-refractivity contribution in [2.24, 2.45) is 0 Å². The van der Waals surface area contributed by atoms with E-state index in [4.69, 9.17) is 4.74 Å². The van der Waals surface area contributed by atoms with Crippen molar-refractivity contribution < 1.29 is 4.74 Å². The van der Waals surface area contributed by atoms with Crippen LogP contribution in [0.5, 0.6) is 5.75 Å². The average Bonchev–Trinajstić information content (AvgIpc) is 2.72. The van der Waals surface area contributed by atoms with Gasteiger partial charge in [-0.25, -0.2) is 0 Å². The highest BCUT2D eigenvalue weighted by molar-refractivity contribution is 5.34. The second kappa shape index (κ2) is 4.42. The van der Waals surface area contributed by atoms with Gasteiger partial charge in [-0.2, -0.15) is 0 Å². The summed E-state index contributed by atoms with van der Waals surface area (Å²) in [5, 5.41) is 3.36. The van der Waals surface area contributed by atoms with Crippen molar-refractivity contribution >= 4 is 0 Å². The lowest BCUT2D eigenvalue weighted by atomic mass is 9.84. The predicted molar refractivity (Wildman–Crippen MR) is 64.8 cm³/mol. The Morgan fingerprint density at radius 1 is 1.56 bits per heavy atom. The van der Waals surface area contributed by atoms with Crippen LogP contribution < -0.4 is 10.1 Å². The molecule has 1 aromatic heterocycles. The average molecular weight is 220 g/mol. The Labute approximate surface area is 97.2 Å². The smallest absolute Gasteiger partial charge is 0.140 e. The van der Waals surface area contributed by atoms with Gasteiger partial charge >= 0.3 is 0 Å². The molecule has 1 fully saturated rings. The first-order valence-electron chi connectivity index (χ1n) is 5.86. The Balaban J connectivity index is 2.29. The number of nitrogens with zero attached hydrogens (tertiary/aromatic N) is 1. The second-order valence-corrected chi connectivity index (χ2v) is 4.84. The fourth-order valence-electron chi connectivity index (χ4n) is 2.71. The third-order valence-electron chi connectivity index (χ3n) is 3.71. The van der Waals surface area contributed by atoms with Crippen LogP contribution in [0, 0.1) is 0 Å². The molecule has 1 aliphatic rings. The van der Waals surface area contributed by atoms with Crippen LogP contribution >= 0.6 is 0 Å². The molecule has 2 unspecified atom stereocenters. The maximum atomic E-state index is 5.41. The molecule has 0 bridgehead atoms. The molecule has 3 heteroatoms. The van der Waals surface area contributed by atoms with E-state index in [9.17, 15) is 0 Å². The van der Waals surface area contributed by atoms with Crippen molar-refractivity contribution in [2.75, 3.05) is 14.2 Å². The van der Waals surface area contributed by atoms with E-state index in [0.29, 0.717) is 6.04 Å². The molecule has 0 saturated heterocycles. The van der Waals surface area contributed by atoms with E-state index in [1.165, 1.54) is 12.8 Å². The van der Waals surface area contributed by atoms with Crippen LogP contribution in [-0.2, 0) is 5.41 Å². The molecule has 1 heterocycles. The van der Waals surface area contributed by atoms with Gasteiger partial charge in [-0.15, -0.1) is 0 Å². The highest BCUT2D eigenvalue weighted by Crippen LogP contribution is 2.42. The highest BCUT2D eigenvalue weighted by Gasteiger charge is 2.38. The molecule has 2 rings (SSSR count). The van der Waals surface area contributed by atoms with Crippen LogP contribution in [0.15, 0.2) is 18.3 Å². The van der Waals surface area contributed by atoms with E-state index < -0.39 is 0 Å². The summed E-state index contributed by atoms with van der Waals surface area (Å²) in [7, 11) is 3.75. The van der Waals surface area contributed by atoms with Crippen molar-refractivity contribution in [2.45, 2.75) is 37.6 Å². The van der Waals surface area contributed by atoms with Crippen LogP contribution in [0.1, 0.15) is 31.9 Å². The molecule has 1 aromatic rings. The van der Waals surface area contributed by atoms with Crippen LogP contribution in [0.2, 0.25) is 0 Å². The third kappa shape index (κ3) is 1.92. The molecule has 88 valence electrons. The summed E-state index contributed by atoms with van der Waals surface area (Å²) >= 11 is 0. The van der Waals surface area contributed by atoms with Crippen molar-refractivity contribution in [1.82, 2.24) is 10.3 Å². The Morgan fingerprint density at radius 3 is 3.00 bits per heavy atom. The van der Waals surface area contributed by atoms with Crippen LogP contribution in [-0.4, -0.2) is 25.2 Å². The lowest BCUT2D eigenvalue weighted by Crippen LogP contribution is -2.26. The molecule has 16 heavy (non-hydrogen) atoms. The van der Waals surface area contributed by atoms with Gasteiger partial charge in [0.1, 0.15) is 5.75 Å². The minimum atomic E-state index is 0.153. The van der Waals surface area contributed by atoms with E-state index >= 15 is 0 Å². The standard InChI is InChI=1S/C13H20N2O/c1-13(7-6-10(9-13)14-2)12-11(16-3)5-4-8-15-12/h4-5,8,10,14H,6-7,9H2,1-3H3. The van der Waals surface area contributed by atoms with E-state index in [-0.39, 0.29) is 5.41 Å². The quantitative estimate of drug-likeness (QED) is 0.847. The zero-order valence-corrected chi connectivity index (χ0v) is 10.3. The Morgan fingerprint density at radius 2 is 2.38 bits per heavy atom. The zero-order chi connectivity index (χ0) is 11.6. The second-order valence-electron chi connectivity index (χ2n) is 4.84. The number of hydrogen-bond acceptors (Lipinski definition) is 3. The first-order valence-corrected chi connectivity index (χ1v) is 5.86. The summed E-state index contributed by atoms with van der Waals surface area (Å²) in [5.41, 5.74) is 1.26. The molecular weight excluding hydrogens is 200 g/mol. The molecular formula is C13H20N2O. The van der Waals surface area contributed by atoms with Gasteiger partial charge in [0.25, 0.3) is 0 Å². The summed E-state index contributed by atoms with van der Waals surface area (Å²) in [4.78, 5) is 4.52. The Hall–Kier alpha value is -1.09. The van der Waals surface area contributed by atoms with Gasteiger partial charge in [0, 0.05) is 17.7 Å². The van der Waals surface area contributed by atoms with Crippen LogP contribution in [0.25, 0.3) is 0 Å². The van der Waals surface area contributed by atoms with Crippen LogP contribution in [0.4, 0.5) is 0 Å². The van der Waals surface area contributed by atoms with Gasteiger partial charge < -0.3 is 10.1 Å². The van der Waals surface area contributed by atoms with Crippen molar-refractivity contribution in [3.63, 3.8) is 0 Å². The lowest BCUT2D eigenvalue weighted by molar-refractivity contribution is 0.375. The van der Waals surface area contributed by atoms with Gasteiger partial charge in [-0.05, 0) is 38.4 Å². The Kier molecular flexibility index (Phi) is 3.15. The third-order valence-corrected chi connectivity index (χ3v) is 3.71. The van der Waals surface area contributed by atoms with Crippen molar-refractivity contribution in [3.05, 3.63) is 24.0 Å². The van der Waals surface area contributed by atoms with Gasteiger partial charge in [-0.3, -0.25) is 4.98 Å². The number of rotatable bonds is 3. The molecule has 0 aliphatic heterocycles. The molecule has 0 amide bonds. The van der Waals surface area contributed by atoms with Gasteiger partial charge in [0.15, 0.2) is 0 Å². The summed E-state index contributed by atoms with van der Waals surface area (Å²) in [6.07, 6.45) is 5.38. The van der Waals surface area contributed by atoms with E-state index in [1.807, 2.05) is 25.4 Å². The van der Waals surface area contributed by atoms with E-state index in [2.05, 4.69) is 17.2 Å². The zero-order valence-electron chi connectivity index (χ0n) is 10.3. The maximum absolute atomic E-state index is 5.41.